The van der Waals surface area contributed by atoms with Gasteiger partial charge in [0.25, 0.3) is 0 Å². The van der Waals surface area contributed by atoms with E-state index in [9.17, 15) is 14.4 Å². The number of fused-ring (bicyclic) bond motifs is 3. The van der Waals surface area contributed by atoms with E-state index < -0.39 is 12.1 Å². The van der Waals surface area contributed by atoms with Crippen LogP contribution in [0.5, 0.6) is 0 Å². The molecule has 4 rings (SSSR count). The quantitative estimate of drug-likeness (QED) is 0.530. The second-order valence-corrected chi connectivity index (χ2v) is 8.40. The third kappa shape index (κ3) is 5.51. The molecule has 0 aromatic heterocycles. The van der Waals surface area contributed by atoms with Crippen LogP contribution in [0.3, 0.4) is 0 Å². The van der Waals surface area contributed by atoms with Crippen LogP contribution in [0.2, 0.25) is 0 Å². The van der Waals surface area contributed by atoms with Crippen molar-refractivity contribution in [3.05, 3.63) is 59.7 Å². The molecule has 33 heavy (non-hydrogen) atoms. The highest BCUT2D eigenvalue weighted by atomic mass is 16.5. The molecule has 8 nitrogen and oxygen atoms in total. The van der Waals surface area contributed by atoms with Crippen molar-refractivity contribution >= 4 is 18.0 Å². The Hall–Kier alpha value is -3.39. The average molecular weight is 453 g/mol. The van der Waals surface area contributed by atoms with Crippen molar-refractivity contribution in [1.82, 2.24) is 10.6 Å². The summed E-state index contributed by atoms with van der Waals surface area (Å²) >= 11 is 0. The number of aliphatic carboxylic acids is 1. The minimum absolute atomic E-state index is 0.0214. The van der Waals surface area contributed by atoms with Gasteiger partial charge < -0.3 is 25.2 Å². The van der Waals surface area contributed by atoms with E-state index in [4.69, 9.17) is 14.6 Å². The summed E-state index contributed by atoms with van der Waals surface area (Å²) < 4.78 is 11.0. The number of alkyl carbamates (subject to hydrolysis) is 1. The van der Waals surface area contributed by atoms with Gasteiger partial charge >= 0.3 is 12.1 Å². The lowest BCUT2D eigenvalue weighted by Gasteiger charge is -2.26. The number of carboxylic acid groups (broad SMARTS) is 1. The summed E-state index contributed by atoms with van der Waals surface area (Å²) in [6, 6.07) is 16.2. The number of rotatable bonds is 8. The van der Waals surface area contributed by atoms with E-state index in [2.05, 4.69) is 22.8 Å². The first-order chi connectivity index (χ1) is 16.0. The molecule has 1 saturated carbocycles. The zero-order valence-corrected chi connectivity index (χ0v) is 18.3. The predicted molar refractivity (Wildman–Crippen MR) is 121 cm³/mol. The van der Waals surface area contributed by atoms with Gasteiger partial charge in [0.05, 0.1) is 12.0 Å². The molecular weight excluding hydrogens is 424 g/mol. The first kappa shape index (κ1) is 22.8. The normalized spacial score (nSPS) is 19.3. The number of carbonyl (C=O) groups excluding carboxylic acids is 2. The largest absolute Gasteiger partial charge is 0.481 e. The third-order valence-electron chi connectivity index (χ3n) is 6.35. The Morgan fingerprint density at radius 3 is 2.09 bits per heavy atom. The van der Waals surface area contributed by atoms with Gasteiger partial charge in [-0.25, -0.2) is 4.79 Å². The maximum Gasteiger partial charge on any atom is 0.407 e. The first-order valence-corrected chi connectivity index (χ1v) is 11.2. The van der Waals surface area contributed by atoms with E-state index in [1.54, 1.807) is 0 Å². The van der Waals surface area contributed by atoms with Gasteiger partial charge in [-0.1, -0.05) is 48.5 Å². The lowest BCUT2D eigenvalue weighted by Crippen LogP contribution is -2.39. The van der Waals surface area contributed by atoms with Crippen molar-refractivity contribution in [2.24, 2.45) is 5.92 Å². The molecule has 0 unspecified atom stereocenters. The van der Waals surface area contributed by atoms with E-state index >= 15 is 0 Å². The molecule has 0 radical (unpaired) electrons. The first-order valence-electron chi connectivity index (χ1n) is 11.2. The maximum atomic E-state index is 12.1. The van der Waals surface area contributed by atoms with E-state index in [0.717, 1.165) is 22.3 Å². The highest BCUT2D eigenvalue weighted by molar-refractivity contribution is 5.82. The number of carboxylic acids is 1. The number of carbonyl (C=O) groups is 3. The van der Waals surface area contributed by atoms with Crippen molar-refractivity contribution in [2.75, 3.05) is 19.9 Å². The predicted octanol–water partition coefficient (Wildman–Crippen LogP) is 3.26. The van der Waals surface area contributed by atoms with E-state index in [1.165, 1.54) is 0 Å². The summed E-state index contributed by atoms with van der Waals surface area (Å²) in [5.41, 5.74) is 4.55. The minimum Gasteiger partial charge on any atom is -0.481 e. The molecule has 0 saturated heterocycles. The fourth-order valence-corrected chi connectivity index (χ4v) is 4.58. The van der Waals surface area contributed by atoms with Crippen LogP contribution in [0.1, 0.15) is 42.7 Å². The SMILES string of the molecule is O=C(CNC(=O)OCC1c2ccccc2-c2ccccc21)NCO[C@H]1CC[C@H](C(=O)O)CC1. The standard InChI is InChI=1S/C25H28N2O6/c28-23(27-15-33-17-11-9-16(10-12-17)24(29)30)13-26-25(31)32-14-22-20-7-3-1-5-18(20)19-6-2-4-8-21(19)22/h1-8,16-17,22H,9-15H2,(H,26,31)(H,27,28)(H,29,30)/t16-,17-. The monoisotopic (exact) mass is 452 g/mol. The Morgan fingerprint density at radius 2 is 1.48 bits per heavy atom. The fourth-order valence-electron chi connectivity index (χ4n) is 4.58. The molecule has 8 heteroatoms. The van der Waals surface area contributed by atoms with Crippen LogP contribution in [-0.2, 0) is 19.1 Å². The number of benzene rings is 2. The molecule has 2 aliphatic carbocycles. The Morgan fingerprint density at radius 1 is 0.879 bits per heavy atom. The number of ether oxygens (including phenoxy) is 2. The van der Waals surface area contributed by atoms with Gasteiger partial charge in [0, 0.05) is 5.92 Å². The molecule has 0 bridgehead atoms. The molecule has 0 spiro atoms. The summed E-state index contributed by atoms with van der Waals surface area (Å²) in [5.74, 6) is -1.49. The molecule has 2 amide bonds. The fraction of sp³-hybridized carbons (Fsp3) is 0.400. The van der Waals surface area contributed by atoms with Gasteiger partial charge in [0.15, 0.2) is 0 Å². The van der Waals surface area contributed by atoms with Crippen LogP contribution in [0.15, 0.2) is 48.5 Å². The van der Waals surface area contributed by atoms with Crippen LogP contribution in [0.25, 0.3) is 11.1 Å². The zero-order chi connectivity index (χ0) is 23.2. The number of hydrogen-bond donors (Lipinski definition) is 3. The van der Waals surface area contributed by atoms with Crippen molar-refractivity contribution in [3.8, 4) is 11.1 Å². The van der Waals surface area contributed by atoms with Crippen molar-refractivity contribution in [1.29, 1.82) is 0 Å². The number of hydrogen-bond acceptors (Lipinski definition) is 5. The van der Waals surface area contributed by atoms with Crippen LogP contribution in [0.4, 0.5) is 4.79 Å². The molecule has 3 N–H and O–H groups in total. The molecule has 2 aromatic rings. The van der Waals surface area contributed by atoms with E-state index in [1.807, 2.05) is 36.4 Å². The molecule has 2 aliphatic rings. The van der Waals surface area contributed by atoms with Gasteiger partial charge in [-0.2, -0.15) is 0 Å². The zero-order valence-electron chi connectivity index (χ0n) is 18.3. The second-order valence-electron chi connectivity index (χ2n) is 8.40. The average Bonchev–Trinajstić information content (AvgIpc) is 3.15. The van der Waals surface area contributed by atoms with E-state index in [-0.39, 0.29) is 43.7 Å². The molecule has 1 fully saturated rings. The summed E-state index contributed by atoms with van der Waals surface area (Å²) in [6.07, 6.45) is 1.76. The van der Waals surface area contributed by atoms with Gasteiger partial charge in [0.1, 0.15) is 19.9 Å². The lowest BCUT2D eigenvalue weighted by molar-refractivity contribution is -0.143. The summed E-state index contributed by atoms with van der Waals surface area (Å²) in [6.45, 7) is -0.0109. The lowest BCUT2D eigenvalue weighted by atomic mass is 9.87. The van der Waals surface area contributed by atoms with Crippen molar-refractivity contribution < 1.29 is 29.0 Å². The maximum absolute atomic E-state index is 12.1. The van der Waals surface area contributed by atoms with Crippen molar-refractivity contribution in [3.63, 3.8) is 0 Å². The Bertz CT molecular complexity index is 970. The molecule has 174 valence electrons. The van der Waals surface area contributed by atoms with Gasteiger partial charge in [-0.15, -0.1) is 0 Å². The van der Waals surface area contributed by atoms with Gasteiger partial charge in [0.2, 0.25) is 5.91 Å². The Labute approximate surface area is 192 Å². The number of amides is 2. The third-order valence-corrected chi connectivity index (χ3v) is 6.35. The topological polar surface area (TPSA) is 114 Å². The van der Waals surface area contributed by atoms with Crippen LogP contribution in [-0.4, -0.2) is 49.1 Å². The van der Waals surface area contributed by atoms with Crippen molar-refractivity contribution in [2.45, 2.75) is 37.7 Å². The summed E-state index contributed by atoms with van der Waals surface area (Å²) in [4.78, 5) is 35.1. The van der Waals surface area contributed by atoms with Gasteiger partial charge in [-0.05, 0) is 47.9 Å². The summed E-state index contributed by atoms with van der Waals surface area (Å²) in [7, 11) is 0. The molecule has 2 aromatic carbocycles. The van der Waals surface area contributed by atoms with Crippen LogP contribution < -0.4 is 10.6 Å². The summed E-state index contributed by atoms with van der Waals surface area (Å²) in [5, 5.41) is 14.1. The molecule has 0 aliphatic heterocycles. The van der Waals surface area contributed by atoms with Crippen LogP contribution in [0, 0.1) is 5.92 Å². The highest BCUT2D eigenvalue weighted by Crippen LogP contribution is 2.44. The van der Waals surface area contributed by atoms with Gasteiger partial charge in [-0.3, -0.25) is 9.59 Å². The second kappa shape index (κ2) is 10.5. The number of nitrogens with one attached hydrogen (secondary N) is 2. The highest BCUT2D eigenvalue weighted by Gasteiger charge is 2.29. The Kier molecular flexibility index (Phi) is 7.24. The minimum atomic E-state index is -0.763. The van der Waals surface area contributed by atoms with Crippen LogP contribution >= 0.6 is 0 Å². The molecule has 0 heterocycles. The Balaban J connectivity index is 1.16. The van der Waals surface area contributed by atoms with E-state index in [0.29, 0.717) is 25.7 Å². The molecule has 0 atom stereocenters. The smallest absolute Gasteiger partial charge is 0.407 e. The molecular formula is C25H28N2O6.